The predicted molar refractivity (Wildman–Crippen MR) is 60.2 cm³/mol. The Morgan fingerprint density at radius 3 is 2.36 bits per heavy atom. The van der Waals surface area contributed by atoms with E-state index in [2.05, 4.69) is 37.6 Å². The highest BCUT2D eigenvalue weighted by molar-refractivity contribution is 5.86. The molecule has 0 aromatic heterocycles. The van der Waals surface area contributed by atoms with Crippen LogP contribution in [0.1, 0.15) is 27.2 Å². The minimum absolute atomic E-state index is 0.0874. The van der Waals surface area contributed by atoms with Gasteiger partial charge in [-0.3, -0.25) is 9.69 Å². The van der Waals surface area contributed by atoms with Crippen molar-refractivity contribution in [1.82, 2.24) is 10.2 Å². The summed E-state index contributed by atoms with van der Waals surface area (Å²) in [6.07, 6.45) is 2.37. The second-order valence-corrected chi connectivity index (χ2v) is 3.23. The number of nitrogens with one attached hydrogen (secondary N) is 1. The molecular weight excluding hydrogens is 176 g/mol. The predicted octanol–water partition coefficient (Wildman–Crippen LogP) is 1.41. The van der Waals surface area contributed by atoms with Crippen molar-refractivity contribution in [2.45, 2.75) is 33.2 Å². The third-order valence-corrected chi connectivity index (χ3v) is 2.50. The number of amides is 1. The second kappa shape index (κ2) is 7.56. The normalized spacial score (nSPS) is 12.6. The Labute approximate surface area is 87.2 Å². The number of rotatable bonds is 7. The molecule has 0 aliphatic heterocycles. The summed E-state index contributed by atoms with van der Waals surface area (Å²) >= 11 is 0. The van der Waals surface area contributed by atoms with Gasteiger partial charge in [0.15, 0.2) is 0 Å². The monoisotopic (exact) mass is 198 g/mol. The maximum absolute atomic E-state index is 11.0. The molecule has 1 atom stereocenters. The summed E-state index contributed by atoms with van der Waals surface area (Å²) in [7, 11) is 0. The Kier molecular flexibility index (Phi) is 7.11. The Bertz CT molecular complexity index is 176. The lowest BCUT2D eigenvalue weighted by atomic mass is 10.2. The highest BCUT2D eigenvalue weighted by Gasteiger charge is 2.13. The average Bonchev–Trinajstić information content (AvgIpc) is 2.23. The van der Waals surface area contributed by atoms with E-state index in [0.717, 1.165) is 19.5 Å². The van der Waals surface area contributed by atoms with E-state index in [1.807, 2.05) is 0 Å². The van der Waals surface area contributed by atoms with Crippen LogP contribution in [0.5, 0.6) is 0 Å². The largest absolute Gasteiger partial charge is 0.351 e. The van der Waals surface area contributed by atoms with Crippen LogP contribution < -0.4 is 5.32 Å². The van der Waals surface area contributed by atoms with E-state index >= 15 is 0 Å². The Hall–Kier alpha value is -0.830. The molecule has 0 fully saturated rings. The van der Waals surface area contributed by atoms with Crippen LogP contribution in [0.3, 0.4) is 0 Å². The molecule has 0 aliphatic carbocycles. The fourth-order valence-electron chi connectivity index (χ4n) is 1.56. The van der Waals surface area contributed by atoms with E-state index in [-0.39, 0.29) is 5.91 Å². The van der Waals surface area contributed by atoms with Gasteiger partial charge in [-0.05, 0) is 25.6 Å². The van der Waals surface area contributed by atoms with Crippen LogP contribution in [-0.4, -0.2) is 36.5 Å². The minimum Gasteiger partial charge on any atom is -0.351 e. The molecule has 1 unspecified atom stereocenters. The molecule has 0 aromatic rings. The van der Waals surface area contributed by atoms with Crippen molar-refractivity contribution in [2.75, 3.05) is 19.6 Å². The Morgan fingerprint density at radius 1 is 1.43 bits per heavy atom. The van der Waals surface area contributed by atoms with Crippen LogP contribution in [0.4, 0.5) is 0 Å². The molecule has 0 saturated heterocycles. The minimum atomic E-state index is -0.0874. The molecule has 0 spiro atoms. The summed E-state index contributed by atoms with van der Waals surface area (Å²) in [4.78, 5) is 13.3. The zero-order valence-corrected chi connectivity index (χ0v) is 9.55. The smallest absolute Gasteiger partial charge is 0.243 e. The fraction of sp³-hybridized carbons (Fsp3) is 0.727. The molecule has 3 heteroatoms. The van der Waals surface area contributed by atoms with E-state index in [0.29, 0.717) is 12.6 Å². The standard InChI is InChI=1S/C11H22N2O/c1-5-10(13(7-3)8-4)9-12-11(14)6-2/h6,10H,2,5,7-9H2,1,3-4H3,(H,12,14). The molecule has 14 heavy (non-hydrogen) atoms. The summed E-state index contributed by atoms with van der Waals surface area (Å²) in [5.74, 6) is -0.0874. The molecule has 1 N–H and O–H groups in total. The average molecular weight is 198 g/mol. The number of nitrogens with zero attached hydrogens (tertiary/aromatic N) is 1. The maximum Gasteiger partial charge on any atom is 0.243 e. The van der Waals surface area contributed by atoms with Gasteiger partial charge < -0.3 is 5.32 Å². The summed E-state index contributed by atoms with van der Waals surface area (Å²) in [5, 5.41) is 2.83. The molecule has 0 radical (unpaired) electrons. The molecule has 0 aromatic carbocycles. The van der Waals surface area contributed by atoms with Crippen molar-refractivity contribution >= 4 is 5.91 Å². The Balaban J connectivity index is 4.00. The van der Waals surface area contributed by atoms with E-state index in [1.54, 1.807) is 0 Å². The maximum atomic E-state index is 11.0. The first-order chi connectivity index (χ1) is 6.69. The van der Waals surface area contributed by atoms with Gasteiger partial charge in [-0.25, -0.2) is 0 Å². The highest BCUT2D eigenvalue weighted by atomic mass is 16.1. The molecule has 0 bridgehead atoms. The zero-order valence-electron chi connectivity index (χ0n) is 9.55. The number of carbonyl (C=O) groups is 1. The van der Waals surface area contributed by atoms with Crippen LogP contribution in [0.15, 0.2) is 12.7 Å². The van der Waals surface area contributed by atoms with Crippen LogP contribution in [-0.2, 0) is 4.79 Å². The lowest BCUT2D eigenvalue weighted by molar-refractivity contribution is -0.116. The van der Waals surface area contributed by atoms with Crippen molar-refractivity contribution in [2.24, 2.45) is 0 Å². The van der Waals surface area contributed by atoms with Gasteiger partial charge in [-0.2, -0.15) is 0 Å². The van der Waals surface area contributed by atoms with Crippen molar-refractivity contribution in [3.63, 3.8) is 0 Å². The van der Waals surface area contributed by atoms with Gasteiger partial charge >= 0.3 is 0 Å². The molecule has 0 heterocycles. The van der Waals surface area contributed by atoms with Crippen LogP contribution in [0, 0.1) is 0 Å². The van der Waals surface area contributed by atoms with Gasteiger partial charge in [-0.15, -0.1) is 0 Å². The lowest BCUT2D eigenvalue weighted by Crippen LogP contribution is -2.43. The third kappa shape index (κ3) is 4.42. The van der Waals surface area contributed by atoms with Crippen molar-refractivity contribution in [3.8, 4) is 0 Å². The first-order valence-electron chi connectivity index (χ1n) is 5.33. The highest BCUT2D eigenvalue weighted by Crippen LogP contribution is 2.02. The quantitative estimate of drug-likeness (QED) is 0.627. The first-order valence-corrected chi connectivity index (χ1v) is 5.33. The van der Waals surface area contributed by atoms with Crippen LogP contribution in [0.25, 0.3) is 0 Å². The summed E-state index contributed by atoms with van der Waals surface area (Å²) in [6, 6.07) is 0.439. The summed E-state index contributed by atoms with van der Waals surface area (Å²) in [5.41, 5.74) is 0. The summed E-state index contributed by atoms with van der Waals surface area (Å²) < 4.78 is 0. The van der Waals surface area contributed by atoms with Gasteiger partial charge in [0, 0.05) is 12.6 Å². The lowest BCUT2D eigenvalue weighted by Gasteiger charge is -2.28. The van der Waals surface area contributed by atoms with Crippen molar-refractivity contribution < 1.29 is 4.79 Å². The molecule has 0 rings (SSSR count). The molecule has 1 amide bonds. The molecule has 82 valence electrons. The van der Waals surface area contributed by atoms with Gasteiger partial charge in [-0.1, -0.05) is 27.4 Å². The van der Waals surface area contributed by atoms with Crippen LogP contribution in [0.2, 0.25) is 0 Å². The third-order valence-electron chi connectivity index (χ3n) is 2.50. The van der Waals surface area contributed by atoms with E-state index in [1.165, 1.54) is 6.08 Å². The SMILES string of the molecule is C=CC(=O)NCC(CC)N(CC)CC. The van der Waals surface area contributed by atoms with Crippen molar-refractivity contribution in [1.29, 1.82) is 0 Å². The van der Waals surface area contributed by atoms with Crippen molar-refractivity contribution in [3.05, 3.63) is 12.7 Å². The topological polar surface area (TPSA) is 32.3 Å². The molecule has 0 aliphatic rings. The number of carbonyl (C=O) groups excluding carboxylic acids is 1. The molecular formula is C11H22N2O. The fourth-order valence-corrected chi connectivity index (χ4v) is 1.56. The second-order valence-electron chi connectivity index (χ2n) is 3.23. The van der Waals surface area contributed by atoms with E-state index < -0.39 is 0 Å². The molecule has 0 saturated carbocycles. The van der Waals surface area contributed by atoms with E-state index in [4.69, 9.17) is 0 Å². The number of hydrogen-bond donors (Lipinski definition) is 1. The summed E-state index contributed by atoms with van der Waals surface area (Å²) in [6.45, 7) is 12.6. The molecule has 3 nitrogen and oxygen atoms in total. The van der Waals surface area contributed by atoms with Gasteiger partial charge in [0.2, 0.25) is 5.91 Å². The zero-order chi connectivity index (χ0) is 11.0. The number of likely N-dealkylation sites (N-methyl/N-ethyl adjacent to an activating group) is 1. The van der Waals surface area contributed by atoms with Gasteiger partial charge in [0.05, 0.1) is 0 Å². The Morgan fingerprint density at radius 2 is 2.00 bits per heavy atom. The number of hydrogen-bond acceptors (Lipinski definition) is 2. The first kappa shape index (κ1) is 13.2. The van der Waals surface area contributed by atoms with Gasteiger partial charge in [0.1, 0.15) is 0 Å². The van der Waals surface area contributed by atoms with Crippen LogP contribution >= 0.6 is 0 Å². The van der Waals surface area contributed by atoms with Gasteiger partial charge in [0.25, 0.3) is 0 Å². The van der Waals surface area contributed by atoms with E-state index in [9.17, 15) is 4.79 Å².